The van der Waals surface area contributed by atoms with Gasteiger partial charge in [0.1, 0.15) is 18.1 Å². The van der Waals surface area contributed by atoms with Crippen LogP contribution in [0.25, 0.3) is 0 Å². The van der Waals surface area contributed by atoms with E-state index in [2.05, 4.69) is 27.3 Å². The third-order valence-corrected chi connectivity index (χ3v) is 3.73. The van der Waals surface area contributed by atoms with Crippen molar-refractivity contribution in [2.75, 3.05) is 34.4 Å². The molecule has 6 nitrogen and oxygen atoms in total. The number of nitrogens with one attached hydrogen (secondary N) is 1. The molecule has 0 saturated carbocycles. The average molecular weight is 473 g/mol. The first-order valence-electron chi connectivity index (χ1n) is 8.37. The van der Waals surface area contributed by atoms with Crippen LogP contribution in [0.3, 0.4) is 0 Å². The predicted molar refractivity (Wildman–Crippen MR) is 114 cm³/mol. The van der Waals surface area contributed by atoms with Gasteiger partial charge < -0.3 is 24.1 Å². The lowest BCUT2D eigenvalue weighted by molar-refractivity contribution is 0.104. The lowest BCUT2D eigenvalue weighted by Gasteiger charge is -2.22. The summed E-state index contributed by atoms with van der Waals surface area (Å²) in [4.78, 5) is 6.42. The lowest BCUT2D eigenvalue weighted by atomic mass is 10.2. The maximum Gasteiger partial charge on any atom is 0.193 e. The molecule has 0 saturated heterocycles. The number of methoxy groups -OCH3 is 1. The van der Waals surface area contributed by atoms with E-state index in [1.165, 1.54) is 5.56 Å². The SMILES string of the molecule is CN=C(NCCCOCc1ccco1)N(C)Cc1ccc(OC)cc1.I. The van der Waals surface area contributed by atoms with Crippen LogP contribution < -0.4 is 10.1 Å². The van der Waals surface area contributed by atoms with Gasteiger partial charge in [0.15, 0.2) is 5.96 Å². The smallest absolute Gasteiger partial charge is 0.193 e. The number of aliphatic imine (C=N–C) groups is 1. The third-order valence-electron chi connectivity index (χ3n) is 3.73. The molecule has 0 fully saturated rings. The van der Waals surface area contributed by atoms with Crippen molar-refractivity contribution < 1.29 is 13.9 Å². The summed E-state index contributed by atoms with van der Waals surface area (Å²) in [5, 5.41) is 3.35. The molecule has 0 bridgehead atoms. The molecular weight excluding hydrogens is 445 g/mol. The van der Waals surface area contributed by atoms with Gasteiger partial charge in [0.2, 0.25) is 0 Å². The molecule has 0 aliphatic heterocycles. The molecule has 26 heavy (non-hydrogen) atoms. The zero-order valence-corrected chi connectivity index (χ0v) is 17.9. The standard InChI is InChI=1S/C19H27N3O3.HI/c1-20-19(21-11-5-12-24-15-18-6-4-13-25-18)22(2)14-16-7-9-17(23-3)10-8-16;/h4,6-10,13H,5,11-12,14-15H2,1-3H3,(H,20,21);1H. The van der Waals surface area contributed by atoms with Crippen molar-refractivity contribution in [1.82, 2.24) is 10.2 Å². The monoisotopic (exact) mass is 473 g/mol. The Balaban J connectivity index is 0.00000338. The molecule has 7 heteroatoms. The summed E-state index contributed by atoms with van der Waals surface area (Å²) in [6.45, 7) is 2.77. The summed E-state index contributed by atoms with van der Waals surface area (Å²) in [7, 11) is 5.48. The van der Waals surface area contributed by atoms with Crippen LogP contribution in [-0.4, -0.2) is 45.2 Å². The molecule has 0 aliphatic carbocycles. The summed E-state index contributed by atoms with van der Waals surface area (Å²) in [5.41, 5.74) is 1.20. The summed E-state index contributed by atoms with van der Waals surface area (Å²) < 4.78 is 16.0. The van der Waals surface area contributed by atoms with Crippen LogP contribution in [0.5, 0.6) is 5.75 Å². The fourth-order valence-corrected chi connectivity index (χ4v) is 2.41. The van der Waals surface area contributed by atoms with Crippen LogP contribution in [0.1, 0.15) is 17.7 Å². The van der Waals surface area contributed by atoms with Gasteiger partial charge in [-0.3, -0.25) is 4.99 Å². The number of rotatable bonds is 9. The van der Waals surface area contributed by atoms with Gasteiger partial charge in [-0.25, -0.2) is 0 Å². The molecule has 0 aliphatic rings. The van der Waals surface area contributed by atoms with Crippen molar-refractivity contribution in [3.05, 3.63) is 54.0 Å². The van der Waals surface area contributed by atoms with Gasteiger partial charge in [-0.05, 0) is 36.2 Å². The molecule has 1 N–H and O–H groups in total. The van der Waals surface area contributed by atoms with E-state index in [0.717, 1.165) is 37.0 Å². The first-order valence-corrected chi connectivity index (χ1v) is 8.37. The highest BCUT2D eigenvalue weighted by atomic mass is 127. The second-order valence-electron chi connectivity index (χ2n) is 5.66. The molecule has 1 heterocycles. The molecule has 144 valence electrons. The Bertz CT molecular complexity index is 630. The van der Waals surface area contributed by atoms with Gasteiger partial charge in [0, 0.05) is 33.8 Å². The van der Waals surface area contributed by atoms with E-state index < -0.39 is 0 Å². The molecule has 0 unspecified atom stereocenters. The quantitative estimate of drug-likeness (QED) is 0.262. The van der Waals surface area contributed by atoms with Crippen molar-refractivity contribution in [3.63, 3.8) is 0 Å². The van der Waals surface area contributed by atoms with Crippen LogP contribution in [0, 0.1) is 0 Å². The van der Waals surface area contributed by atoms with Crippen molar-refractivity contribution in [2.24, 2.45) is 4.99 Å². The average Bonchev–Trinajstić information content (AvgIpc) is 3.15. The minimum Gasteiger partial charge on any atom is -0.497 e. The third kappa shape index (κ3) is 7.65. The van der Waals surface area contributed by atoms with E-state index in [1.54, 1.807) is 20.4 Å². The van der Waals surface area contributed by atoms with Crippen molar-refractivity contribution in [1.29, 1.82) is 0 Å². The largest absolute Gasteiger partial charge is 0.497 e. The fourth-order valence-electron chi connectivity index (χ4n) is 2.41. The normalized spacial score (nSPS) is 11.0. The highest BCUT2D eigenvalue weighted by Gasteiger charge is 2.06. The Kier molecular flexibility index (Phi) is 10.8. The van der Waals surface area contributed by atoms with E-state index in [-0.39, 0.29) is 24.0 Å². The first-order chi connectivity index (χ1) is 12.2. The maximum absolute atomic E-state index is 5.57. The van der Waals surface area contributed by atoms with Crippen LogP contribution in [0.15, 0.2) is 52.1 Å². The molecule has 0 atom stereocenters. The Morgan fingerprint density at radius 2 is 2.00 bits per heavy atom. The van der Waals surface area contributed by atoms with Crippen LogP contribution in [0.2, 0.25) is 0 Å². The Morgan fingerprint density at radius 3 is 2.62 bits per heavy atom. The molecule has 2 aromatic rings. The molecule has 0 spiro atoms. The van der Waals surface area contributed by atoms with Crippen molar-refractivity contribution >= 4 is 29.9 Å². The zero-order valence-electron chi connectivity index (χ0n) is 15.6. The molecular formula is C19H28IN3O3. The second-order valence-corrected chi connectivity index (χ2v) is 5.66. The topological polar surface area (TPSA) is 59.2 Å². The molecule has 1 aromatic heterocycles. The number of hydrogen-bond acceptors (Lipinski definition) is 4. The van der Waals surface area contributed by atoms with Gasteiger partial charge in [-0.1, -0.05) is 12.1 Å². The number of benzene rings is 1. The first kappa shape index (κ1) is 22.3. The number of hydrogen-bond donors (Lipinski definition) is 1. The van der Waals surface area contributed by atoms with Crippen molar-refractivity contribution in [2.45, 2.75) is 19.6 Å². The second kappa shape index (κ2) is 12.6. The summed E-state index contributed by atoms with van der Waals surface area (Å²) in [6.07, 6.45) is 2.55. The number of halogens is 1. The van der Waals surface area contributed by atoms with Gasteiger partial charge in [-0.2, -0.15) is 0 Å². The van der Waals surface area contributed by atoms with Crippen LogP contribution in [0.4, 0.5) is 0 Å². The number of guanidine groups is 1. The fraction of sp³-hybridized carbons (Fsp3) is 0.421. The minimum absolute atomic E-state index is 0. The summed E-state index contributed by atoms with van der Waals surface area (Å²) >= 11 is 0. The Hall–Kier alpha value is -1.74. The minimum atomic E-state index is 0. The van der Waals surface area contributed by atoms with Gasteiger partial charge in [0.25, 0.3) is 0 Å². The maximum atomic E-state index is 5.57. The van der Waals surface area contributed by atoms with Gasteiger partial charge >= 0.3 is 0 Å². The van der Waals surface area contributed by atoms with Gasteiger partial charge in [0.05, 0.1) is 13.4 Å². The van der Waals surface area contributed by atoms with E-state index in [9.17, 15) is 0 Å². The van der Waals surface area contributed by atoms with Crippen LogP contribution >= 0.6 is 24.0 Å². The number of furan rings is 1. The van der Waals surface area contributed by atoms with E-state index in [1.807, 2.05) is 31.3 Å². The Morgan fingerprint density at radius 1 is 1.23 bits per heavy atom. The van der Waals surface area contributed by atoms with Crippen LogP contribution in [-0.2, 0) is 17.9 Å². The van der Waals surface area contributed by atoms with Gasteiger partial charge in [-0.15, -0.1) is 24.0 Å². The Labute approximate surface area is 172 Å². The number of nitrogens with zero attached hydrogens (tertiary/aromatic N) is 2. The lowest BCUT2D eigenvalue weighted by Crippen LogP contribution is -2.39. The van der Waals surface area contributed by atoms with Crippen molar-refractivity contribution in [3.8, 4) is 5.75 Å². The highest BCUT2D eigenvalue weighted by Crippen LogP contribution is 2.12. The molecule has 0 amide bonds. The predicted octanol–water partition coefficient (Wildman–Crippen LogP) is 3.52. The number of ether oxygens (including phenoxy) is 2. The molecule has 2 rings (SSSR count). The summed E-state index contributed by atoms with van der Waals surface area (Å²) in [6, 6.07) is 11.8. The van der Waals surface area contributed by atoms with E-state index >= 15 is 0 Å². The van der Waals surface area contributed by atoms with E-state index in [4.69, 9.17) is 13.9 Å². The highest BCUT2D eigenvalue weighted by molar-refractivity contribution is 14.0. The zero-order chi connectivity index (χ0) is 17.9. The molecule has 0 radical (unpaired) electrons. The summed E-state index contributed by atoms with van der Waals surface area (Å²) in [5.74, 6) is 2.58. The molecule has 1 aromatic carbocycles. The van der Waals surface area contributed by atoms with E-state index in [0.29, 0.717) is 13.2 Å².